The SMILES string of the molecule is COCCn1nnnc1[C@@H](c1ccccc1)[NH+]1CCC(C(N)=O)CC1. The van der Waals surface area contributed by atoms with Gasteiger partial charge in [-0.15, -0.1) is 5.10 Å². The Bertz CT molecular complexity index is 681. The van der Waals surface area contributed by atoms with Gasteiger partial charge < -0.3 is 15.4 Å². The number of primary amides is 1. The molecule has 1 aliphatic rings. The molecule has 25 heavy (non-hydrogen) atoms. The zero-order valence-electron chi connectivity index (χ0n) is 14.5. The van der Waals surface area contributed by atoms with Crippen molar-refractivity contribution in [2.45, 2.75) is 25.4 Å². The Labute approximate surface area is 146 Å². The Kier molecular flexibility index (Phi) is 5.72. The lowest BCUT2D eigenvalue weighted by atomic mass is 9.93. The summed E-state index contributed by atoms with van der Waals surface area (Å²) in [4.78, 5) is 12.8. The summed E-state index contributed by atoms with van der Waals surface area (Å²) in [7, 11) is 1.67. The first-order chi connectivity index (χ1) is 12.2. The number of likely N-dealkylation sites (tertiary alicyclic amines) is 1. The molecule has 0 radical (unpaired) electrons. The van der Waals surface area contributed by atoms with Crippen LogP contribution >= 0.6 is 0 Å². The van der Waals surface area contributed by atoms with Crippen molar-refractivity contribution in [1.82, 2.24) is 20.2 Å². The molecule has 1 saturated heterocycles. The summed E-state index contributed by atoms with van der Waals surface area (Å²) < 4.78 is 6.98. The molecule has 1 aromatic heterocycles. The third kappa shape index (κ3) is 4.02. The van der Waals surface area contributed by atoms with E-state index in [0.717, 1.165) is 31.8 Å². The molecule has 134 valence electrons. The van der Waals surface area contributed by atoms with E-state index in [2.05, 4.69) is 27.7 Å². The van der Waals surface area contributed by atoms with E-state index >= 15 is 0 Å². The maximum atomic E-state index is 11.5. The molecular weight excluding hydrogens is 320 g/mol. The van der Waals surface area contributed by atoms with Crippen LogP contribution < -0.4 is 10.6 Å². The first kappa shape index (κ1) is 17.5. The van der Waals surface area contributed by atoms with Crippen LogP contribution in [-0.4, -0.2) is 52.9 Å². The molecule has 0 unspecified atom stereocenters. The van der Waals surface area contributed by atoms with Crippen LogP contribution in [0.1, 0.15) is 30.3 Å². The predicted molar refractivity (Wildman–Crippen MR) is 90.6 cm³/mol. The number of nitrogens with zero attached hydrogens (tertiary/aromatic N) is 4. The Morgan fingerprint density at radius 3 is 2.72 bits per heavy atom. The number of nitrogens with one attached hydrogen (secondary N) is 1. The molecule has 0 aliphatic carbocycles. The number of piperidine rings is 1. The zero-order chi connectivity index (χ0) is 17.6. The quantitative estimate of drug-likeness (QED) is 0.684. The van der Waals surface area contributed by atoms with Crippen LogP contribution in [0, 0.1) is 5.92 Å². The standard InChI is InChI=1S/C17H24N6O2/c1-25-12-11-23-17(19-20-21-23)15(13-5-3-2-4-6-13)22-9-7-14(8-10-22)16(18)24/h2-6,14-15H,7-12H2,1H3,(H2,18,24)/p+1/t15-/m1/s1. The van der Waals surface area contributed by atoms with Crippen LogP contribution in [0.4, 0.5) is 0 Å². The Morgan fingerprint density at radius 1 is 1.36 bits per heavy atom. The summed E-state index contributed by atoms with van der Waals surface area (Å²) >= 11 is 0. The molecule has 8 nitrogen and oxygen atoms in total. The summed E-state index contributed by atoms with van der Waals surface area (Å²) in [6.07, 6.45) is 1.60. The first-order valence-corrected chi connectivity index (χ1v) is 8.64. The molecule has 2 heterocycles. The highest BCUT2D eigenvalue weighted by Crippen LogP contribution is 2.19. The first-order valence-electron chi connectivity index (χ1n) is 8.64. The Hall–Kier alpha value is -2.32. The minimum atomic E-state index is -0.194. The van der Waals surface area contributed by atoms with E-state index < -0.39 is 0 Å². The van der Waals surface area contributed by atoms with Gasteiger partial charge in [-0.3, -0.25) is 4.79 Å². The van der Waals surface area contributed by atoms with Gasteiger partial charge in [-0.1, -0.05) is 30.3 Å². The zero-order valence-corrected chi connectivity index (χ0v) is 14.5. The number of quaternary nitrogens is 1. The van der Waals surface area contributed by atoms with E-state index in [4.69, 9.17) is 10.5 Å². The number of hydrogen-bond acceptors (Lipinski definition) is 5. The fourth-order valence-corrected chi connectivity index (χ4v) is 3.53. The molecule has 3 rings (SSSR count). The highest BCUT2D eigenvalue weighted by Gasteiger charge is 2.35. The third-order valence-electron chi connectivity index (χ3n) is 4.90. The number of benzene rings is 1. The van der Waals surface area contributed by atoms with Crippen molar-refractivity contribution in [3.63, 3.8) is 0 Å². The van der Waals surface area contributed by atoms with Gasteiger partial charge in [-0.25, -0.2) is 4.68 Å². The van der Waals surface area contributed by atoms with Crippen LogP contribution in [0.3, 0.4) is 0 Å². The molecule has 0 spiro atoms. The topological polar surface area (TPSA) is 100 Å². The average Bonchev–Trinajstić information content (AvgIpc) is 3.09. The number of tetrazole rings is 1. The van der Waals surface area contributed by atoms with E-state index in [0.29, 0.717) is 13.2 Å². The molecule has 1 fully saturated rings. The highest BCUT2D eigenvalue weighted by molar-refractivity contribution is 5.76. The fourth-order valence-electron chi connectivity index (χ4n) is 3.53. The molecule has 8 heteroatoms. The van der Waals surface area contributed by atoms with Crippen LogP contribution in [0.2, 0.25) is 0 Å². The Morgan fingerprint density at radius 2 is 2.08 bits per heavy atom. The number of carbonyl (C=O) groups is 1. The largest absolute Gasteiger partial charge is 0.383 e. The van der Waals surface area contributed by atoms with Crippen LogP contribution in [0.25, 0.3) is 0 Å². The van der Waals surface area contributed by atoms with E-state index in [1.165, 1.54) is 10.5 Å². The molecule has 1 aliphatic heterocycles. The lowest BCUT2D eigenvalue weighted by Crippen LogP contribution is -3.13. The minimum Gasteiger partial charge on any atom is -0.383 e. The van der Waals surface area contributed by atoms with Crippen molar-refractivity contribution in [2.24, 2.45) is 11.7 Å². The maximum Gasteiger partial charge on any atom is 0.220 e. The lowest BCUT2D eigenvalue weighted by molar-refractivity contribution is -0.931. The van der Waals surface area contributed by atoms with Crippen molar-refractivity contribution < 1.29 is 14.4 Å². The van der Waals surface area contributed by atoms with Gasteiger partial charge in [0.05, 0.1) is 26.2 Å². The van der Waals surface area contributed by atoms with Crippen LogP contribution in [-0.2, 0) is 16.1 Å². The maximum absolute atomic E-state index is 11.5. The highest BCUT2D eigenvalue weighted by atomic mass is 16.5. The van der Waals surface area contributed by atoms with Crippen molar-refractivity contribution >= 4 is 5.91 Å². The minimum absolute atomic E-state index is 0.0235. The van der Waals surface area contributed by atoms with E-state index in [-0.39, 0.29) is 17.9 Å². The summed E-state index contributed by atoms with van der Waals surface area (Å²) in [5.74, 6) is 0.612. The van der Waals surface area contributed by atoms with Crippen LogP contribution in [0.5, 0.6) is 0 Å². The van der Waals surface area contributed by atoms with Crippen molar-refractivity contribution in [2.75, 3.05) is 26.8 Å². The molecule has 1 atom stereocenters. The second-order valence-corrected chi connectivity index (χ2v) is 6.43. The molecule has 3 N–H and O–H groups in total. The number of carbonyl (C=O) groups excluding carboxylic acids is 1. The fraction of sp³-hybridized carbons (Fsp3) is 0.529. The van der Waals surface area contributed by atoms with E-state index in [9.17, 15) is 4.79 Å². The number of ether oxygens (including phenoxy) is 1. The van der Waals surface area contributed by atoms with Crippen molar-refractivity contribution in [3.8, 4) is 0 Å². The van der Waals surface area contributed by atoms with Gasteiger partial charge in [0, 0.05) is 31.4 Å². The normalized spacial score (nSPS) is 21.8. The molecule has 0 bridgehead atoms. The smallest absolute Gasteiger partial charge is 0.220 e. The summed E-state index contributed by atoms with van der Waals surface area (Å²) in [5.41, 5.74) is 6.64. The predicted octanol–water partition coefficient (Wildman–Crippen LogP) is -0.811. The number of amides is 1. The van der Waals surface area contributed by atoms with E-state index in [1.807, 2.05) is 22.9 Å². The molecule has 0 saturated carbocycles. The van der Waals surface area contributed by atoms with Gasteiger partial charge in [0.15, 0.2) is 6.04 Å². The molecular formula is C17H25N6O2+. The molecule has 1 aromatic carbocycles. The summed E-state index contributed by atoms with van der Waals surface area (Å²) in [6, 6.07) is 10.3. The van der Waals surface area contributed by atoms with Crippen molar-refractivity contribution in [3.05, 3.63) is 41.7 Å². The second kappa shape index (κ2) is 8.17. The van der Waals surface area contributed by atoms with Gasteiger partial charge in [-0.05, 0) is 10.4 Å². The second-order valence-electron chi connectivity index (χ2n) is 6.43. The van der Waals surface area contributed by atoms with Gasteiger partial charge in [0.2, 0.25) is 11.7 Å². The third-order valence-corrected chi connectivity index (χ3v) is 4.90. The van der Waals surface area contributed by atoms with Crippen molar-refractivity contribution in [1.29, 1.82) is 0 Å². The van der Waals surface area contributed by atoms with Gasteiger partial charge in [0.1, 0.15) is 0 Å². The molecule has 1 amide bonds. The Balaban J connectivity index is 1.87. The van der Waals surface area contributed by atoms with E-state index in [1.54, 1.807) is 7.11 Å². The lowest BCUT2D eigenvalue weighted by Gasteiger charge is -2.33. The number of hydrogen-bond donors (Lipinski definition) is 2. The van der Waals surface area contributed by atoms with Gasteiger partial charge in [-0.2, -0.15) is 0 Å². The molecule has 2 aromatic rings. The number of methoxy groups -OCH3 is 1. The average molecular weight is 345 g/mol. The van der Waals surface area contributed by atoms with Gasteiger partial charge >= 0.3 is 0 Å². The number of rotatable bonds is 7. The summed E-state index contributed by atoms with van der Waals surface area (Å²) in [5, 5.41) is 12.3. The summed E-state index contributed by atoms with van der Waals surface area (Å²) in [6.45, 7) is 2.90. The van der Waals surface area contributed by atoms with Gasteiger partial charge in [0.25, 0.3) is 0 Å². The number of aromatic nitrogens is 4. The number of nitrogens with two attached hydrogens (primary N) is 1. The monoisotopic (exact) mass is 345 g/mol. The van der Waals surface area contributed by atoms with Crippen LogP contribution in [0.15, 0.2) is 30.3 Å².